The molecule has 0 N–H and O–H groups in total. The van der Waals surface area contributed by atoms with Gasteiger partial charge in [-0.05, 0) is 35.6 Å². The van der Waals surface area contributed by atoms with Crippen molar-refractivity contribution < 1.29 is 4.79 Å². The standard InChI is InChI=1S/C16H13NOS3/c1-2-11-6-3-4-8-13(11)17-15(18)14(21-16(17)19)10-12-7-5-9-20-12/h3-10H,2H2,1H3. The molecule has 0 aliphatic carbocycles. The van der Waals surface area contributed by atoms with Crippen LogP contribution in [0.5, 0.6) is 0 Å². The van der Waals surface area contributed by atoms with E-state index in [4.69, 9.17) is 12.2 Å². The Bertz CT molecular complexity index is 719. The Labute approximate surface area is 137 Å². The van der Waals surface area contributed by atoms with Crippen molar-refractivity contribution in [3.8, 4) is 0 Å². The van der Waals surface area contributed by atoms with Crippen molar-refractivity contribution in [1.82, 2.24) is 0 Å². The molecule has 0 unspecified atom stereocenters. The van der Waals surface area contributed by atoms with Gasteiger partial charge in [-0.25, -0.2) is 0 Å². The topological polar surface area (TPSA) is 20.3 Å². The van der Waals surface area contributed by atoms with Crippen LogP contribution >= 0.6 is 35.3 Å². The summed E-state index contributed by atoms with van der Waals surface area (Å²) in [7, 11) is 0. The van der Waals surface area contributed by atoms with Crippen LogP contribution in [0.1, 0.15) is 17.4 Å². The number of hydrogen-bond acceptors (Lipinski definition) is 4. The molecule has 1 aromatic carbocycles. The molecule has 3 rings (SSSR count). The maximum absolute atomic E-state index is 12.7. The number of carbonyl (C=O) groups is 1. The lowest BCUT2D eigenvalue weighted by atomic mass is 10.1. The minimum atomic E-state index is -0.0284. The van der Waals surface area contributed by atoms with E-state index in [9.17, 15) is 4.79 Å². The fourth-order valence-corrected chi connectivity index (χ4v) is 4.21. The van der Waals surface area contributed by atoms with Gasteiger partial charge in [0, 0.05) is 4.88 Å². The second-order valence-corrected chi connectivity index (χ2v) is 7.17. The van der Waals surface area contributed by atoms with Gasteiger partial charge in [0.25, 0.3) is 5.91 Å². The third-order valence-corrected chi connectivity index (χ3v) is 5.35. The number of thiocarbonyl (C=S) groups is 1. The normalized spacial score (nSPS) is 17.0. The van der Waals surface area contributed by atoms with E-state index in [0.29, 0.717) is 9.23 Å². The lowest BCUT2D eigenvalue weighted by molar-refractivity contribution is -0.113. The van der Waals surface area contributed by atoms with Crippen molar-refractivity contribution >= 4 is 57.3 Å². The molecule has 5 heteroatoms. The van der Waals surface area contributed by atoms with Gasteiger partial charge < -0.3 is 0 Å². The van der Waals surface area contributed by atoms with E-state index >= 15 is 0 Å². The van der Waals surface area contributed by atoms with Gasteiger partial charge in [-0.1, -0.05) is 55.2 Å². The monoisotopic (exact) mass is 331 g/mol. The van der Waals surface area contributed by atoms with Gasteiger partial charge in [0.2, 0.25) is 0 Å². The Kier molecular flexibility index (Phi) is 4.24. The fraction of sp³-hybridized carbons (Fsp3) is 0.125. The fourth-order valence-electron chi connectivity index (χ4n) is 2.21. The third-order valence-electron chi connectivity index (χ3n) is 3.22. The van der Waals surface area contributed by atoms with Gasteiger partial charge in [0.1, 0.15) is 0 Å². The second-order valence-electron chi connectivity index (χ2n) is 4.51. The van der Waals surface area contributed by atoms with E-state index < -0.39 is 0 Å². The second kappa shape index (κ2) is 6.13. The summed E-state index contributed by atoms with van der Waals surface area (Å²) < 4.78 is 0.601. The molecule has 0 spiro atoms. The molecule has 1 amide bonds. The summed E-state index contributed by atoms with van der Waals surface area (Å²) in [5, 5.41) is 2.00. The number of para-hydroxylation sites is 1. The molecule has 106 valence electrons. The molecule has 0 atom stereocenters. The molecule has 0 bridgehead atoms. The van der Waals surface area contributed by atoms with Gasteiger partial charge >= 0.3 is 0 Å². The summed E-state index contributed by atoms with van der Waals surface area (Å²) in [6.45, 7) is 2.08. The molecule has 1 saturated heterocycles. The van der Waals surface area contributed by atoms with Crippen LogP contribution in [0, 0.1) is 0 Å². The number of aryl methyl sites for hydroxylation is 1. The number of nitrogens with zero attached hydrogens (tertiary/aromatic N) is 1. The number of amides is 1. The van der Waals surface area contributed by atoms with Gasteiger partial charge in [-0.15, -0.1) is 11.3 Å². The molecule has 2 heterocycles. The molecule has 2 aromatic rings. The Hall–Kier alpha value is -1.43. The van der Waals surface area contributed by atoms with Crippen molar-refractivity contribution in [3.05, 3.63) is 57.1 Å². The van der Waals surface area contributed by atoms with E-state index in [1.165, 1.54) is 11.8 Å². The number of benzene rings is 1. The molecule has 1 aromatic heterocycles. The molecule has 1 aliphatic heterocycles. The summed E-state index contributed by atoms with van der Waals surface area (Å²) in [4.78, 5) is 16.1. The number of carbonyl (C=O) groups excluding carboxylic acids is 1. The Morgan fingerprint density at radius 3 is 2.76 bits per heavy atom. The first kappa shape index (κ1) is 14.5. The zero-order valence-electron chi connectivity index (χ0n) is 11.4. The highest BCUT2D eigenvalue weighted by Gasteiger charge is 2.34. The summed E-state index contributed by atoms with van der Waals surface area (Å²) in [5.41, 5.74) is 2.03. The Balaban J connectivity index is 1.98. The van der Waals surface area contributed by atoms with Crippen LogP contribution in [0.25, 0.3) is 6.08 Å². The molecule has 1 fully saturated rings. The van der Waals surface area contributed by atoms with Gasteiger partial charge in [-0.3, -0.25) is 9.69 Å². The average Bonchev–Trinajstić information content (AvgIpc) is 3.09. The number of thioether (sulfide) groups is 1. The van der Waals surface area contributed by atoms with E-state index in [0.717, 1.165) is 22.5 Å². The number of hydrogen-bond donors (Lipinski definition) is 0. The Morgan fingerprint density at radius 1 is 1.24 bits per heavy atom. The van der Waals surface area contributed by atoms with Crippen LogP contribution in [-0.2, 0) is 11.2 Å². The SMILES string of the molecule is CCc1ccccc1N1C(=O)C(=Cc2cccs2)SC1=S. The summed E-state index contributed by atoms with van der Waals surface area (Å²) >= 11 is 8.39. The zero-order chi connectivity index (χ0) is 14.8. The van der Waals surface area contributed by atoms with Crippen LogP contribution in [0.15, 0.2) is 46.7 Å². The third kappa shape index (κ3) is 2.81. The Morgan fingerprint density at radius 2 is 2.05 bits per heavy atom. The van der Waals surface area contributed by atoms with Crippen LogP contribution in [0.4, 0.5) is 5.69 Å². The summed E-state index contributed by atoms with van der Waals surface area (Å²) in [6, 6.07) is 11.9. The molecular formula is C16H13NOS3. The minimum absolute atomic E-state index is 0.0284. The lowest BCUT2D eigenvalue weighted by Gasteiger charge is -2.17. The van der Waals surface area contributed by atoms with E-state index in [1.807, 2.05) is 47.9 Å². The lowest BCUT2D eigenvalue weighted by Crippen LogP contribution is -2.28. The van der Waals surface area contributed by atoms with Crippen LogP contribution in [-0.4, -0.2) is 10.2 Å². The molecular weight excluding hydrogens is 318 g/mol. The highest BCUT2D eigenvalue weighted by Crippen LogP contribution is 2.37. The zero-order valence-corrected chi connectivity index (χ0v) is 13.9. The summed E-state index contributed by atoms with van der Waals surface area (Å²) in [5.74, 6) is -0.0284. The highest BCUT2D eigenvalue weighted by molar-refractivity contribution is 8.27. The summed E-state index contributed by atoms with van der Waals surface area (Å²) in [6.07, 6.45) is 2.79. The first-order valence-electron chi connectivity index (χ1n) is 6.60. The van der Waals surface area contributed by atoms with Gasteiger partial charge in [0.15, 0.2) is 4.32 Å². The smallest absolute Gasteiger partial charge is 0.268 e. The predicted molar refractivity (Wildman–Crippen MR) is 95.8 cm³/mol. The highest BCUT2D eigenvalue weighted by atomic mass is 32.2. The predicted octanol–water partition coefficient (Wildman–Crippen LogP) is 4.72. The van der Waals surface area contributed by atoms with Crippen molar-refractivity contribution in [2.75, 3.05) is 4.90 Å². The van der Waals surface area contributed by atoms with Crippen molar-refractivity contribution in [3.63, 3.8) is 0 Å². The first-order valence-corrected chi connectivity index (χ1v) is 8.70. The van der Waals surface area contributed by atoms with Crippen LogP contribution < -0.4 is 4.90 Å². The maximum Gasteiger partial charge on any atom is 0.270 e. The number of thiophene rings is 1. The van der Waals surface area contributed by atoms with E-state index in [2.05, 4.69) is 6.92 Å². The van der Waals surface area contributed by atoms with E-state index in [1.54, 1.807) is 16.2 Å². The average molecular weight is 331 g/mol. The molecule has 0 radical (unpaired) electrons. The number of anilines is 1. The van der Waals surface area contributed by atoms with Gasteiger partial charge in [-0.2, -0.15) is 0 Å². The van der Waals surface area contributed by atoms with Crippen molar-refractivity contribution in [2.24, 2.45) is 0 Å². The molecule has 2 nitrogen and oxygen atoms in total. The molecule has 21 heavy (non-hydrogen) atoms. The van der Waals surface area contributed by atoms with Crippen molar-refractivity contribution in [2.45, 2.75) is 13.3 Å². The van der Waals surface area contributed by atoms with Crippen LogP contribution in [0.2, 0.25) is 0 Å². The number of rotatable bonds is 3. The first-order chi connectivity index (χ1) is 10.2. The van der Waals surface area contributed by atoms with Crippen LogP contribution in [0.3, 0.4) is 0 Å². The van der Waals surface area contributed by atoms with Gasteiger partial charge in [0.05, 0.1) is 10.6 Å². The molecule has 0 saturated carbocycles. The quantitative estimate of drug-likeness (QED) is 0.600. The maximum atomic E-state index is 12.7. The largest absolute Gasteiger partial charge is 0.270 e. The van der Waals surface area contributed by atoms with Crippen molar-refractivity contribution in [1.29, 1.82) is 0 Å². The molecule has 1 aliphatic rings. The minimum Gasteiger partial charge on any atom is -0.268 e. The van der Waals surface area contributed by atoms with E-state index in [-0.39, 0.29) is 5.91 Å².